The van der Waals surface area contributed by atoms with Gasteiger partial charge in [0.25, 0.3) is 6.43 Å². The van der Waals surface area contributed by atoms with Crippen molar-refractivity contribution in [2.75, 3.05) is 44.2 Å². The van der Waals surface area contributed by atoms with E-state index in [1.54, 1.807) is 6.07 Å². The van der Waals surface area contributed by atoms with E-state index in [-0.39, 0.29) is 5.69 Å². The highest BCUT2D eigenvalue weighted by Gasteiger charge is 2.27. The van der Waals surface area contributed by atoms with Crippen LogP contribution in [0.15, 0.2) is 30.6 Å². The molecule has 6 nitrogen and oxygen atoms in total. The van der Waals surface area contributed by atoms with Crippen molar-refractivity contribution in [3.8, 4) is 11.1 Å². The van der Waals surface area contributed by atoms with E-state index in [4.69, 9.17) is 0 Å². The van der Waals surface area contributed by atoms with Crippen LogP contribution in [-0.2, 0) is 0 Å². The number of anilines is 1. The Hall–Kier alpha value is -2.58. The summed E-state index contributed by atoms with van der Waals surface area (Å²) < 4.78 is 30.0. The topological polar surface area (TPSA) is 48.7 Å². The van der Waals surface area contributed by atoms with Gasteiger partial charge in [0, 0.05) is 68.8 Å². The number of rotatable bonds is 4. The highest BCUT2D eigenvalue weighted by atomic mass is 19.3. The lowest BCUT2D eigenvalue weighted by Crippen LogP contribution is -2.52. The average molecular weight is 441 g/mol. The molecule has 0 spiro atoms. The zero-order valence-corrected chi connectivity index (χ0v) is 18.7. The summed E-state index contributed by atoms with van der Waals surface area (Å²) in [6.07, 6.45) is 3.23. The van der Waals surface area contributed by atoms with Crippen molar-refractivity contribution in [1.82, 2.24) is 24.6 Å². The van der Waals surface area contributed by atoms with Gasteiger partial charge in [-0.1, -0.05) is 0 Å². The minimum Gasteiger partial charge on any atom is -0.356 e. The van der Waals surface area contributed by atoms with Crippen LogP contribution in [0.25, 0.3) is 16.8 Å². The molecule has 3 aromatic heterocycles. The minimum atomic E-state index is -2.64. The molecule has 5 rings (SSSR count). The Bertz CT molecular complexity index is 1100. The molecule has 170 valence electrons. The third kappa shape index (κ3) is 4.09. The molecule has 0 atom stereocenters. The number of pyridine rings is 2. The Morgan fingerprint density at radius 1 is 1.00 bits per heavy atom. The zero-order chi connectivity index (χ0) is 22.2. The lowest BCUT2D eigenvalue weighted by molar-refractivity contribution is 0.145. The summed E-state index contributed by atoms with van der Waals surface area (Å²) in [6, 6.07) is 6.20. The molecule has 0 aromatic carbocycles. The first-order valence-corrected chi connectivity index (χ1v) is 11.4. The number of hydrogen-bond donors (Lipinski definition) is 1. The molecule has 0 bridgehead atoms. The van der Waals surface area contributed by atoms with Crippen LogP contribution in [-0.4, -0.2) is 64.6 Å². The Morgan fingerprint density at radius 3 is 2.47 bits per heavy atom. The van der Waals surface area contributed by atoms with Crippen LogP contribution >= 0.6 is 0 Å². The highest BCUT2D eigenvalue weighted by Crippen LogP contribution is 2.33. The first-order chi connectivity index (χ1) is 15.5. The number of aryl methyl sites for hydroxylation is 2. The molecular weight excluding hydrogens is 410 g/mol. The maximum Gasteiger partial charge on any atom is 0.281 e. The van der Waals surface area contributed by atoms with Crippen molar-refractivity contribution in [3.05, 3.63) is 47.5 Å². The fourth-order valence-corrected chi connectivity index (χ4v) is 5.10. The third-order valence-corrected chi connectivity index (χ3v) is 6.74. The number of alkyl halides is 2. The fourth-order valence-electron chi connectivity index (χ4n) is 5.10. The summed E-state index contributed by atoms with van der Waals surface area (Å²) in [5.74, 6) is 0.652. The van der Waals surface area contributed by atoms with Crippen molar-refractivity contribution in [1.29, 1.82) is 0 Å². The van der Waals surface area contributed by atoms with Gasteiger partial charge in [-0.3, -0.25) is 4.90 Å². The first kappa shape index (κ1) is 21.3. The molecule has 1 N–H and O–H groups in total. The van der Waals surface area contributed by atoms with Crippen LogP contribution in [0.1, 0.15) is 36.2 Å². The maximum absolute atomic E-state index is 14.1. The number of hydrogen-bond acceptors (Lipinski definition) is 5. The van der Waals surface area contributed by atoms with Gasteiger partial charge in [-0.05, 0) is 50.5 Å². The predicted octanol–water partition coefficient (Wildman–Crippen LogP) is 3.82. The smallest absolute Gasteiger partial charge is 0.281 e. The van der Waals surface area contributed by atoms with Gasteiger partial charge >= 0.3 is 0 Å². The largest absolute Gasteiger partial charge is 0.356 e. The molecule has 0 radical (unpaired) electrons. The number of nitrogens with zero attached hydrogens (tertiary/aromatic N) is 5. The van der Waals surface area contributed by atoms with E-state index >= 15 is 0 Å². The van der Waals surface area contributed by atoms with Gasteiger partial charge in [0.05, 0.1) is 5.69 Å². The molecule has 0 unspecified atom stereocenters. The standard InChI is InChI=1S/C24H30F2N6/c1-16-13-18(15-32-14-17(2)28-24(16)32)20-3-4-21(29-22(20)23(25)26)31-9-5-19(6-10-31)30-11-7-27-8-12-30/h3-4,13-15,19,23,27H,5-12H2,1-2H3. The van der Waals surface area contributed by atoms with Gasteiger partial charge in [0.15, 0.2) is 0 Å². The van der Waals surface area contributed by atoms with Gasteiger partial charge in [-0.2, -0.15) is 0 Å². The van der Waals surface area contributed by atoms with Crippen LogP contribution in [0.2, 0.25) is 0 Å². The normalized spacial score (nSPS) is 18.7. The summed E-state index contributed by atoms with van der Waals surface area (Å²) in [6.45, 7) is 9.86. The molecule has 0 saturated carbocycles. The lowest BCUT2D eigenvalue weighted by atomic mass is 10.0. The quantitative estimate of drug-likeness (QED) is 0.668. The third-order valence-electron chi connectivity index (χ3n) is 6.74. The summed E-state index contributed by atoms with van der Waals surface area (Å²) in [5.41, 5.74) is 3.77. The second kappa shape index (κ2) is 8.75. The van der Waals surface area contributed by atoms with E-state index in [1.165, 1.54) is 0 Å². The number of piperazine rings is 1. The van der Waals surface area contributed by atoms with Crippen LogP contribution in [0, 0.1) is 13.8 Å². The molecule has 8 heteroatoms. The number of imidazole rings is 1. The molecular formula is C24H30F2N6. The predicted molar refractivity (Wildman–Crippen MR) is 123 cm³/mol. The SMILES string of the molecule is Cc1cn2cc(-c3ccc(N4CCC(N5CCNCC5)CC4)nc3C(F)F)cc(C)c2n1. The highest BCUT2D eigenvalue weighted by molar-refractivity contribution is 5.70. The lowest BCUT2D eigenvalue weighted by Gasteiger charge is -2.40. The molecule has 32 heavy (non-hydrogen) atoms. The summed E-state index contributed by atoms with van der Waals surface area (Å²) >= 11 is 0. The van der Waals surface area contributed by atoms with Gasteiger partial charge in [0.2, 0.25) is 0 Å². The van der Waals surface area contributed by atoms with E-state index < -0.39 is 6.43 Å². The van der Waals surface area contributed by atoms with Gasteiger partial charge in [-0.15, -0.1) is 0 Å². The minimum absolute atomic E-state index is 0.151. The molecule has 0 amide bonds. The molecule has 3 aromatic rings. The van der Waals surface area contributed by atoms with Gasteiger partial charge < -0.3 is 14.6 Å². The van der Waals surface area contributed by atoms with E-state index in [0.717, 1.165) is 74.6 Å². The Labute approximate surface area is 187 Å². The molecule has 2 aliphatic heterocycles. The van der Waals surface area contributed by atoms with E-state index in [2.05, 4.69) is 25.1 Å². The van der Waals surface area contributed by atoms with Crippen molar-refractivity contribution >= 4 is 11.5 Å². The van der Waals surface area contributed by atoms with E-state index in [1.807, 2.05) is 42.8 Å². The van der Waals surface area contributed by atoms with E-state index in [9.17, 15) is 8.78 Å². The van der Waals surface area contributed by atoms with Crippen LogP contribution in [0.4, 0.5) is 14.6 Å². The summed E-state index contributed by atoms with van der Waals surface area (Å²) in [5, 5.41) is 3.40. The second-order valence-electron chi connectivity index (χ2n) is 8.93. The molecule has 2 aliphatic rings. The Kier molecular flexibility index (Phi) is 5.82. The number of piperidine rings is 1. The molecule has 2 saturated heterocycles. The number of halogens is 2. The maximum atomic E-state index is 14.1. The Balaban J connectivity index is 1.39. The second-order valence-corrected chi connectivity index (χ2v) is 8.93. The molecule has 0 aliphatic carbocycles. The summed E-state index contributed by atoms with van der Waals surface area (Å²) in [7, 11) is 0. The number of nitrogens with one attached hydrogen (secondary N) is 1. The first-order valence-electron chi connectivity index (χ1n) is 11.4. The summed E-state index contributed by atoms with van der Waals surface area (Å²) in [4.78, 5) is 13.7. The van der Waals surface area contributed by atoms with Crippen molar-refractivity contribution in [2.45, 2.75) is 39.2 Å². The zero-order valence-electron chi connectivity index (χ0n) is 18.7. The van der Waals surface area contributed by atoms with E-state index in [0.29, 0.717) is 17.4 Å². The molecule has 2 fully saturated rings. The number of aromatic nitrogens is 3. The van der Waals surface area contributed by atoms with Crippen molar-refractivity contribution in [3.63, 3.8) is 0 Å². The van der Waals surface area contributed by atoms with Crippen LogP contribution in [0.5, 0.6) is 0 Å². The monoisotopic (exact) mass is 440 g/mol. The fraction of sp³-hybridized carbons (Fsp3) is 0.500. The Morgan fingerprint density at radius 2 is 1.75 bits per heavy atom. The van der Waals surface area contributed by atoms with Crippen LogP contribution < -0.4 is 10.2 Å². The van der Waals surface area contributed by atoms with Gasteiger partial charge in [-0.25, -0.2) is 18.7 Å². The average Bonchev–Trinajstić information content (AvgIpc) is 3.20. The van der Waals surface area contributed by atoms with Crippen molar-refractivity contribution in [2.24, 2.45) is 0 Å². The van der Waals surface area contributed by atoms with Gasteiger partial charge in [0.1, 0.15) is 17.2 Å². The van der Waals surface area contributed by atoms with Crippen LogP contribution in [0.3, 0.4) is 0 Å². The van der Waals surface area contributed by atoms with Crippen molar-refractivity contribution < 1.29 is 8.78 Å². The number of fused-ring (bicyclic) bond motifs is 1. The molecule has 5 heterocycles.